The lowest BCUT2D eigenvalue weighted by atomic mass is 9.91. The molecule has 0 radical (unpaired) electrons. The summed E-state index contributed by atoms with van der Waals surface area (Å²) in [5.41, 5.74) is 3.14. The van der Waals surface area contributed by atoms with Gasteiger partial charge in [0.15, 0.2) is 6.10 Å². The first-order chi connectivity index (χ1) is 12.7. The number of thiophene rings is 1. The number of nitrogens with one attached hydrogen (secondary N) is 1. The van der Waals surface area contributed by atoms with Gasteiger partial charge in [-0.05, 0) is 81.5 Å². The molecule has 1 atom stereocenters. The van der Waals surface area contributed by atoms with Crippen molar-refractivity contribution in [3.05, 3.63) is 40.3 Å². The maximum absolute atomic E-state index is 12.5. The Labute approximate surface area is 163 Å². The molecule has 5 nitrogen and oxygen atoms in total. The Morgan fingerprint density at radius 1 is 1.15 bits per heavy atom. The highest BCUT2D eigenvalue weighted by molar-refractivity contribution is 7.17. The van der Waals surface area contributed by atoms with Crippen LogP contribution in [0.5, 0.6) is 5.75 Å². The highest BCUT2D eigenvalue weighted by Crippen LogP contribution is 2.41. The number of ether oxygens (including phenoxy) is 2. The molecule has 1 aromatic carbocycles. The first kappa shape index (κ1) is 19.4. The van der Waals surface area contributed by atoms with E-state index in [0.717, 1.165) is 34.6 Å². The van der Waals surface area contributed by atoms with Gasteiger partial charge in [0, 0.05) is 10.4 Å². The second-order valence-electron chi connectivity index (χ2n) is 7.77. The molecule has 1 heterocycles. The minimum Gasteiger partial charge on any atom is -0.497 e. The Hall–Kier alpha value is -2.34. The highest BCUT2D eigenvalue weighted by Gasteiger charge is 2.26. The van der Waals surface area contributed by atoms with E-state index in [1.165, 1.54) is 16.9 Å². The monoisotopic (exact) mass is 387 g/mol. The minimum absolute atomic E-state index is 0.297. The number of hydrogen-bond donors (Lipinski definition) is 1. The van der Waals surface area contributed by atoms with Crippen molar-refractivity contribution in [2.24, 2.45) is 0 Å². The fourth-order valence-electron chi connectivity index (χ4n) is 3.08. The fourth-order valence-corrected chi connectivity index (χ4v) is 4.23. The van der Waals surface area contributed by atoms with E-state index in [4.69, 9.17) is 9.47 Å². The van der Waals surface area contributed by atoms with Crippen LogP contribution >= 0.6 is 11.3 Å². The number of amides is 1. The number of methoxy groups -OCH3 is 1. The van der Waals surface area contributed by atoms with Crippen molar-refractivity contribution in [1.82, 2.24) is 5.32 Å². The quantitative estimate of drug-likeness (QED) is 0.806. The van der Waals surface area contributed by atoms with E-state index in [0.29, 0.717) is 4.88 Å². The molecule has 1 aliphatic rings. The standard InChI is InChI=1S/C21H25NO4S/c1-12(19(23)22-21(2,3)4)26-20(24)17-11-14-7-6-13-10-15(25-5)8-9-16(13)18(14)27-17/h8-12H,6-7H2,1-5H3,(H,22,23)/t12-/m1/s1. The van der Waals surface area contributed by atoms with Crippen LogP contribution in [0.1, 0.15) is 48.5 Å². The molecule has 2 aromatic rings. The average Bonchev–Trinajstić information content (AvgIpc) is 3.04. The number of carbonyl (C=O) groups is 2. The van der Waals surface area contributed by atoms with Crippen LogP contribution in [0, 0.1) is 0 Å². The highest BCUT2D eigenvalue weighted by atomic mass is 32.1. The largest absolute Gasteiger partial charge is 0.497 e. The van der Waals surface area contributed by atoms with Gasteiger partial charge in [0.25, 0.3) is 5.91 Å². The molecule has 0 saturated heterocycles. The van der Waals surface area contributed by atoms with Gasteiger partial charge in [0.1, 0.15) is 10.6 Å². The molecule has 0 aliphatic heterocycles. The zero-order valence-electron chi connectivity index (χ0n) is 16.3. The average molecular weight is 388 g/mol. The molecule has 0 spiro atoms. The molecule has 1 aromatic heterocycles. The van der Waals surface area contributed by atoms with Crippen molar-refractivity contribution in [2.75, 3.05) is 7.11 Å². The van der Waals surface area contributed by atoms with Crippen molar-refractivity contribution < 1.29 is 19.1 Å². The Morgan fingerprint density at radius 3 is 2.52 bits per heavy atom. The van der Waals surface area contributed by atoms with Crippen molar-refractivity contribution in [1.29, 1.82) is 0 Å². The Balaban J connectivity index is 1.77. The third-order valence-corrected chi connectivity index (χ3v) is 5.57. The summed E-state index contributed by atoms with van der Waals surface area (Å²) >= 11 is 1.42. The summed E-state index contributed by atoms with van der Waals surface area (Å²) in [5.74, 6) is 0.0858. The van der Waals surface area contributed by atoms with Gasteiger partial charge in [-0.1, -0.05) is 0 Å². The summed E-state index contributed by atoms with van der Waals surface area (Å²) in [4.78, 5) is 26.3. The molecule has 27 heavy (non-hydrogen) atoms. The second kappa shape index (κ2) is 7.35. The van der Waals surface area contributed by atoms with Gasteiger partial charge in [-0.2, -0.15) is 0 Å². The van der Waals surface area contributed by atoms with Crippen molar-refractivity contribution >= 4 is 23.2 Å². The molecule has 144 valence electrons. The molecular formula is C21H25NO4S. The van der Waals surface area contributed by atoms with E-state index in [1.807, 2.05) is 39.0 Å². The summed E-state index contributed by atoms with van der Waals surface area (Å²) < 4.78 is 10.7. The molecular weight excluding hydrogens is 362 g/mol. The van der Waals surface area contributed by atoms with E-state index < -0.39 is 12.1 Å². The molecule has 1 N–H and O–H groups in total. The summed E-state index contributed by atoms with van der Waals surface area (Å²) in [5, 5.41) is 2.82. The van der Waals surface area contributed by atoms with Crippen LogP contribution in [0.15, 0.2) is 24.3 Å². The van der Waals surface area contributed by atoms with Gasteiger partial charge in [0.05, 0.1) is 7.11 Å². The number of carbonyl (C=O) groups excluding carboxylic acids is 2. The lowest BCUT2D eigenvalue weighted by Crippen LogP contribution is -2.46. The predicted octanol–water partition coefficient (Wildman–Crippen LogP) is 3.98. The molecule has 1 aliphatic carbocycles. The molecule has 3 rings (SSSR count). The van der Waals surface area contributed by atoms with Crippen molar-refractivity contribution in [3.63, 3.8) is 0 Å². The van der Waals surface area contributed by atoms with E-state index in [2.05, 4.69) is 11.4 Å². The van der Waals surface area contributed by atoms with E-state index >= 15 is 0 Å². The number of fused-ring (bicyclic) bond motifs is 3. The second-order valence-corrected chi connectivity index (χ2v) is 8.83. The third-order valence-electron chi connectivity index (χ3n) is 4.38. The summed E-state index contributed by atoms with van der Waals surface area (Å²) in [6.07, 6.45) is 0.946. The van der Waals surface area contributed by atoms with Gasteiger partial charge < -0.3 is 14.8 Å². The predicted molar refractivity (Wildman–Crippen MR) is 106 cm³/mol. The van der Waals surface area contributed by atoms with E-state index in [-0.39, 0.29) is 11.4 Å². The molecule has 0 unspecified atom stereocenters. The van der Waals surface area contributed by atoms with Gasteiger partial charge in [0.2, 0.25) is 0 Å². The maximum atomic E-state index is 12.5. The maximum Gasteiger partial charge on any atom is 0.349 e. The Kier molecular flexibility index (Phi) is 5.29. The zero-order valence-corrected chi connectivity index (χ0v) is 17.2. The van der Waals surface area contributed by atoms with Crippen LogP contribution < -0.4 is 10.1 Å². The van der Waals surface area contributed by atoms with Crippen LogP contribution in [0.2, 0.25) is 0 Å². The summed E-state index contributed by atoms with van der Waals surface area (Å²) in [6, 6.07) is 7.92. The number of aryl methyl sites for hydroxylation is 2. The molecule has 6 heteroatoms. The zero-order chi connectivity index (χ0) is 19.8. The molecule has 0 fully saturated rings. The minimum atomic E-state index is -0.840. The number of benzene rings is 1. The third kappa shape index (κ3) is 4.33. The first-order valence-corrected chi connectivity index (χ1v) is 9.82. The number of esters is 1. The number of rotatable bonds is 4. The van der Waals surface area contributed by atoms with Gasteiger partial charge in [-0.3, -0.25) is 4.79 Å². The normalized spacial score (nSPS) is 14.0. The van der Waals surface area contributed by atoms with Gasteiger partial charge in [-0.25, -0.2) is 4.79 Å². The van der Waals surface area contributed by atoms with Crippen LogP contribution in [0.4, 0.5) is 0 Å². The molecule has 0 bridgehead atoms. The molecule has 0 saturated carbocycles. The van der Waals surface area contributed by atoms with Gasteiger partial charge >= 0.3 is 5.97 Å². The van der Waals surface area contributed by atoms with Crippen molar-refractivity contribution in [3.8, 4) is 16.2 Å². The summed E-state index contributed by atoms with van der Waals surface area (Å²) in [6.45, 7) is 7.26. The SMILES string of the molecule is COc1ccc2c(c1)CCc1cc(C(=O)O[C@H](C)C(=O)NC(C)(C)C)sc1-2. The lowest BCUT2D eigenvalue weighted by Gasteiger charge is -2.23. The van der Waals surface area contributed by atoms with Crippen LogP contribution in [0.3, 0.4) is 0 Å². The smallest absolute Gasteiger partial charge is 0.349 e. The first-order valence-electron chi connectivity index (χ1n) is 9.01. The fraction of sp³-hybridized carbons (Fsp3) is 0.429. The summed E-state index contributed by atoms with van der Waals surface area (Å²) in [7, 11) is 1.66. The topological polar surface area (TPSA) is 64.6 Å². The van der Waals surface area contributed by atoms with E-state index in [9.17, 15) is 9.59 Å². The van der Waals surface area contributed by atoms with Crippen LogP contribution in [-0.2, 0) is 22.4 Å². The van der Waals surface area contributed by atoms with E-state index in [1.54, 1.807) is 14.0 Å². The lowest BCUT2D eigenvalue weighted by molar-refractivity contribution is -0.130. The van der Waals surface area contributed by atoms with Gasteiger partial charge in [-0.15, -0.1) is 11.3 Å². The van der Waals surface area contributed by atoms with Crippen LogP contribution in [-0.4, -0.2) is 30.6 Å². The number of hydrogen-bond acceptors (Lipinski definition) is 5. The molecule has 1 amide bonds. The van der Waals surface area contributed by atoms with Crippen LogP contribution in [0.25, 0.3) is 10.4 Å². The Morgan fingerprint density at radius 2 is 1.85 bits per heavy atom. The van der Waals surface area contributed by atoms with Crippen molar-refractivity contribution in [2.45, 2.75) is 52.2 Å². The Bertz CT molecular complexity index is 879.